The highest BCUT2D eigenvalue weighted by molar-refractivity contribution is 7.17. The van der Waals surface area contributed by atoms with Crippen LogP contribution in [0.15, 0.2) is 53.2 Å². The summed E-state index contributed by atoms with van der Waals surface area (Å²) in [5, 5.41) is 12.0. The fraction of sp³-hybridized carbons (Fsp3) is 0.136. The predicted molar refractivity (Wildman–Crippen MR) is 125 cm³/mol. The Bertz CT molecular complexity index is 1320. The van der Waals surface area contributed by atoms with Gasteiger partial charge in [-0.2, -0.15) is 13.2 Å². The molecule has 6 nitrogen and oxygen atoms in total. The largest absolute Gasteiger partial charge is 0.416 e. The molecule has 0 saturated heterocycles. The van der Waals surface area contributed by atoms with Crippen molar-refractivity contribution in [2.45, 2.75) is 6.18 Å². The number of fused-ring (bicyclic) bond motifs is 1. The molecule has 0 aliphatic heterocycles. The normalized spacial score (nSPS) is 11.5. The minimum absolute atomic E-state index is 0.00783. The van der Waals surface area contributed by atoms with Gasteiger partial charge >= 0.3 is 6.18 Å². The first kappa shape index (κ1) is 22.9. The number of halogens is 3. The lowest BCUT2D eigenvalue weighted by Crippen LogP contribution is -2.25. The Labute approximate surface area is 194 Å². The van der Waals surface area contributed by atoms with Crippen molar-refractivity contribution in [3.05, 3.63) is 64.4 Å². The van der Waals surface area contributed by atoms with E-state index in [0.717, 1.165) is 17.0 Å². The van der Waals surface area contributed by atoms with Crippen molar-refractivity contribution in [2.75, 3.05) is 24.2 Å². The maximum absolute atomic E-state index is 13.2. The summed E-state index contributed by atoms with van der Waals surface area (Å²) in [5.74, 6) is -0.911. The maximum Gasteiger partial charge on any atom is 0.416 e. The van der Waals surface area contributed by atoms with Gasteiger partial charge in [-0.3, -0.25) is 9.59 Å². The maximum atomic E-state index is 13.2. The Kier molecular flexibility index (Phi) is 6.45. The molecule has 0 fully saturated rings. The number of hydrogen-bond acceptors (Lipinski definition) is 6. The number of thiophene rings is 2. The average Bonchev–Trinajstić information content (AvgIpc) is 3.43. The van der Waals surface area contributed by atoms with Crippen LogP contribution < -0.4 is 16.0 Å². The molecular weight excluding hydrogens is 473 g/mol. The number of amides is 2. The standard InChI is InChI=1S/C22H17F3N4O2S2/c1-26-10-18(30)28-16-11-33-21-19(16)14(9-15(29-21)17-6-3-7-32-17)20(31)27-13-5-2-4-12(8-13)22(23,24)25/h2-9,11,26H,10H2,1H3,(H,27,31)(H,28,30). The number of anilines is 2. The summed E-state index contributed by atoms with van der Waals surface area (Å²) in [6.45, 7) is 0.0732. The molecule has 3 heterocycles. The van der Waals surface area contributed by atoms with Crippen LogP contribution in [0.2, 0.25) is 0 Å². The minimum atomic E-state index is -4.53. The van der Waals surface area contributed by atoms with Crippen molar-refractivity contribution in [3.63, 3.8) is 0 Å². The second kappa shape index (κ2) is 9.30. The monoisotopic (exact) mass is 490 g/mol. The minimum Gasteiger partial charge on any atom is -0.324 e. The summed E-state index contributed by atoms with van der Waals surface area (Å²) < 4.78 is 39.2. The zero-order valence-electron chi connectivity index (χ0n) is 17.1. The predicted octanol–water partition coefficient (Wildman–Crippen LogP) is 5.45. The number of nitrogens with zero attached hydrogens (tertiary/aromatic N) is 1. The molecule has 2 amide bonds. The zero-order chi connectivity index (χ0) is 23.6. The Balaban J connectivity index is 1.77. The average molecular weight is 491 g/mol. The molecule has 170 valence electrons. The Morgan fingerprint density at radius 2 is 1.88 bits per heavy atom. The fourth-order valence-corrected chi connectivity index (χ4v) is 4.77. The molecule has 0 bridgehead atoms. The van der Waals surface area contributed by atoms with Crippen molar-refractivity contribution in [3.8, 4) is 10.6 Å². The van der Waals surface area contributed by atoms with Crippen LogP contribution in [0.5, 0.6) is 0 Å². The van der Waals surface area contributed by atoms with Gasteiger partial charge in [-0.15, -0.1) is 22.7 Å². The lowest BCUT2D eigenvalue weighted by molar-refractivity contribution is -0.137. The molecule has 3 N–H and O–H groups in total. The molecule has 4 rings (SSSR count). The smallest absolute Gasteiger partial charge is 0.324 e. The van der Waals surface area contributed by atoms with Gasteiger partial charge in [0.1, 0.15) is 4.83 Å². The lowest BCUT2D eigenvalue weighted by atomic mass is 10.1. The first-order valence-electron chi connectivity index (χ1n) is 9.65. The van der Waals surface area contributed by atoms with E-state index in [0.29, 0.717) is 21.6 Å². The Morgan fingerprint density at radius 3 is 2.58 bits per heavy atom. The van der Waals surface area contributed by atoms with Crippen LogP contribution in [0.3, 0.4) is 0 Å². The van der Waals surface area contributed by atoms with E-state index in [2.05, 4.69) is 20.9 Å². The van der Waals surface area contributed by atoms with E-state index >= 15 is 0 Å². The van der Waals surface area contributed by atoms with Crippen LogP contribution in [-0.2, 0) is 11.0 Å². The van der Waals surface area contributed by atoms with Gasteiger partial charge in [-0.25, -0.2) is 4.98 Å². The number of carbonyl (C=O) groups excluding carboxylic acids is 2. The molecule has 0 aliphatic carbocycles. The second-order valence-corrected chi connectivity index (χ2v) is 8.78. The number of nitrogens with one attached hydrogen (secondary N) is 3. The molecule has 1 aromatic carbocycles. The number of carbonyl (C=O) groups is 2. The highest BCUT2D eigenvalue weighted by Gasteiger charge is 2.30. The molecule has 0 unspecified atom stereocenters. The van der Waals surface area contributed by atoms with Gasteiger partial charge in [0.05, 0.1) is 33.9 Å². The van der Waals surface area contributed by atoms with Gasteiger partial charge in [-0.1, -0.05) is 12.1 Å². The van der Waals surface area contributed by atoms with Crippen molar-refractivity contribution >= 4 is 56.1 Å². The first-order chi connectivity index (χ1) is 15.8. The van der Waals surface area contributed by atoms with E-state index < -0.39 is 17.6 Å². The summed E-state index contributed by atoms with van der Waals surface area (Å²) in [5.41, 5.74) is 0.307. The molecular formula is C22H17F3N4O2S2. The third-order valence-electron chi connectivity index (χ3n) is 4.62. The van der Waals surface area contributed by atoms with Crippen LogP contribution in [-0.4, -0.2) is 30.4 Å². The quantitative estimate of drug-likeness (QED) is 0.336. The number of likely N-dealkylation sites (N-methyl/N-ethyl adjacent to an activating group) is 1. The van der Waals surface area contributed by atoms with Crippen molar-refractivity contribution in [1.82, 2.24) is 10.3 Å². The van der Waals surface area contributed by atoms with Gasteiger partial charge < -0.3 is 16.0 Å². The van der Waals surface area contributed by atoms with Gasteiger partial charge in [0.25, 0.3) is 5.91 Å². The number of hydrogen-bond donors (Lipinski definition) is 3. The van der Waals surface area contributed by atoms with E-state index in [1.54, 1.807) is 18.5 Å². The number of aromatic nitrogens is 1. The number of alkyl halides is 3. The highest BCUT2D eigenvalue weighted by Crippen LogP contribution is 2.36. The Morgan fingerprint density at radius 1 is 1.06 bits per heavy atom. The van der Waals surface area contributed by atoms with Crippen LogP contribution in [0.25, 0.3) is 20.8 Å². The number of benzene rings is 1. The van der Waals surface area contributed by atoms with Crippen LogP contribution >= 0.6 is 22.7 Å². The van der Waals surface area contributed by atoms with Gasteiger partial charge in [-0.05, 0) is 42.8 Å². The fourth-order valence-electron chi connectivity index (χ4n) is 3.19. The van der Waals surface area contributed by atoms with Crippen LogP contribution in [0.4, 0.5) is 24.5 Å². The number of pyridine rings is 1. The van der Waals surface area contributed by atoms with Crippen molar-refractivity contribution in [1.29, 1.82) is 0 Å². The lowest BCUT2D eigenvalue weighted by Gasteiger charge is -2.12. The summed E-state index contributed by atoms with van der Waals surface area (Å²) in [6, 6.07) is 9.71. The SMILES string of the molecule is CNCC(=O)Nc1csc2nc(-c3cccs3)cc(C(=O)Nc3cccc(C(F)(F)F)c3)c12. The zero-order valence-corrected chi connectivity index (χ0v) is 18.8. The Hall–Kier alpha value is -3.28. The van der Waals surface area contributed by atoms with Gasteiger partial charge in [0.15, 0.2) is 0 Å². The molecule has 0 atom stereocenters. The van der Waals surface area contributed by atoms with E-state index in [4.69, 9.17) is 0 Å². The molecule has 0 aliphatic rings. The van der Waals surface area contributed by atoms with E-state index in [1.165, 1.54) is 34.8 Å². The van der Waals surface area contributed by atoms with Crippen LogP contribution in [0, 0.1) is 0 Å². The molecule has 0 saturated carbocycles. The summed E-state index contributed by atoms with van der Waals surface area (Å²) in [6.07, 6.45) is -4.53. The van der Waals surface area contributed by atoms with Crippen molar-refractivity contribution < 1.29 is 22.8 Å². The molecule has 4 aromatic rings. The second-order valence-electron chi connectivity index (χ2n) is 6.97. The molecule has 33 heavy (non-hydrogen) atoms. The third kappa shape index (κ3) is 5.05. The third-order valence-corrected chi connectivity index (χ3v) is 6.39. The summed E-state index contributed by atoms with van der Waals surface area (Å²) in [7, 11) is 1.63. The number of rotatable bonds is 6. The molecule has 3 aromatic heterocycles. The van der Waals surface area contributed by atoms with Gasteiger partial charge in [0.2, 0.25) is 5.91 Å². The van der Waals surface area contributed by atoms with E-state index in [-0.39, 0.29) is 23.7 Å². The first-order valence-corrected chi connectivity index (χ1v) is 11.4. The van der Waals surface area contributed by atoms with Crippen LogP contribution in [0.1, 0.15) is 15.9 Å². The van der Waals surface area contributed by atoms with E-state index in [9.17, 15) is 22.8 Å². The van der Waals surface area contributed by atoms with Gasteiger partial charge in [0, 0.05) is 16.5 Å². The highest BCUT2D eigenvalue weighted by atomic mass is 32.1. The van der Waals surface area contributed by atoms with Crippen molar-refractivity contribution in [2.24, 2.45) is 0 Å². The molecule has 11 heteroatoms. The molecule has 0 spiro atoms. The van der Waals surface area contributed by atoms with E-state index in [1.807, 2.05) is 17.5 Å². The summed E-state index contributed by atoms with van der Waals surface area (Å²) >= 11 is 2.70. The topological polar surface area (TPSA) is 83.1 Å². The molecule has 0 radical (unpaired) electrons. The summed E-state index contributed by atoms with van der Waals surface area (Å²) in [4.78, 5) is 31.3.